The van der Waals surface area contributed by atoms with E-state index in [1.54, 1.807) is 0 Å². The molecule has 2 aromatic heterocycles. The quantitative estimate of drug-likeness (QED) is 0.841. The molecule has 1 aliphatic heterocycles. The summed E-state index contributed by atoms with van der Waals surface area (Å²) in [5.74, 6) is 4.69. The Morgan fingerprint density at radius 1 is 1.17 bits per heavy atom. The lowest BCUT2D eigenvalue weighted by molar-refractivity contribution is 0.138. The summed E-state index contributed by atoms with van der Waals surface area (Å²) in [6.45, 7) is 7.85. The van der Waals surface area contributed by atoms with Crippen LogP contribution in [0.15, 0.2) is 4.52 Å². The molecule has 0 unspecified atom stereocenters. The Hall–Kier alpha value is -1.76. The van der Waals surface area contributed by atoms with Crippen LogP contribution in [0.5, 0.6) is 0 Å². The van der Waals surface area contributed by atoms with Crippen molar-refractivity contribution in [3.63, 3.8) is 0 Å². The average Bonchev–Trinajstić information content (AvgIpc) is 3.19. The Morgan fingerprint density at radius 2 is 2.04 bits per heavy atom. The van der Waals surface area contributed by atoms with Gasteiger partial charge in [-0.3, -0.25) is 4.90 Å². The fourth-order valence-electron chi connectivity index (χ4n) is 3.45. The molecule has 0 spiro atoms. The van der Waals surface area contributed by atoms with Gasteiger partial charge in [-0.25, -0.2) is 9.67 Å². The van der Waals surface area contributed by atoms with E-state index in [9.17, 15) is 0 Å². The highest BCUT2D eigenvalue weighted by molar-refractivity contribution is 5.03. The van der Waals surface area contributed by atoms with Gasteiger partial charge in [0.15, 0.2) is 5.82 Å². The van der Waals surface area contributed by atoms with E-state index in [4.69, 9.17) is 4.52 Å². The molecule has 2 aliphatic rings. The molecule has 2 fully saturated rings. The van der Waals surface area contributed by atoms with Crippen LogP contribution in [0.4, 0.5) is 0 Å². The molecule has 1 aliphatic carbocycles. The summed E-state index contributed by atoms with van der Waals surface area (Å²) < 4.78 is 7.46. The van der Waals surface area contributed by atoms with Gasteiger partial charge in [-0.05, 0) is 52.0 Å². The largest absolute Gasteiger partial charge is 0.338 e. The van der Waals surface area contributed by atoms with Crippen LogP contribution in [0.1, 0.15) is 55.0 Å². The molecule has 124 valence electrons. The molecule has 0 amide bonds. The minimum atomic E-state index is 0.556. The third kappa shape index (κ3) is 3.44. The van der Waals surface area contributed by atoms with Crippen LogP contribution in [-0.4, -0.2) is 42.9 Å². The second-order valence-corrected chi connectivity index (χ2v) is 6.95. The first kappa shape index (κ1) is 14.8. The Balaban J connectivity index is 1.35. The lowest BCUT2D eigenvalue weighted by atomic mass is 9.98. The molecule has 1 saturated carbocycles. The minimum Gasteiger partial charge on any atom is -0.338 e. The molecule has 0 N–H and O–H groups in total. The van der Waals surface area contributed by atoms with E-state index in [1.807, 2.05) is 18.5 Å². The third-order valence-electron chi connectivity index (χ3n) is 4.78. The maximum absolute atomic E-state index is 5.41. The standard InChI is InChI=1S/C16H24N6O/c1-11-17-12(2)22(19-11)9-13-4-3-7-21(8-13)10-15-18-16(20-23-15)14-5-6-14/h13-14H,3-10H2,1-2H3/t13-/m1/s1. The topological polar surface area (TPSA) is 72.9 Å². The third-order valence-corrected chi connectivity index (χ3v) is 4.78. The molecule has 23 heavy (non-hydrogen) atoms. The van der Waals surface area contributed by atoms with Crippen molar-refractivity contribution in [2.24, 2.45) is 5.92 Å². The first-order valence-corrected chi connectivity index (χ1v) is 8.60. The number of aryl methyl sites for hydroxylation is 2. The summed E-state index contributed by atoms with van der Waals surface area (Å²) in [5, 5.41) is 8.60. The summed E-state index contributed by atoms with van der Waals surface area (Å²) in [4.78, 5) is 11.4. The second-order valence-electron chi connectivity index (χ2n) is 6.95. The first-order chi connectivity index (χ1) is 11.2. The Kier molecular flexibility index (Phi) is 3.88. The lowest BCUT2D eigenvalue weighted by Gasteiger charge is -2.31. The number of hydrogen-bond donors (Lipinski definition) is 0. The van der Waals surface area contributed by atoms with E-state index >= 15 is 0 Å². The molecular formula is C16H24N6O. The van der Waals surface area contributed by atoms with Crippen LogP contribution in [-0.2, 0) is 13.1 Å². The number of piperidine rings is 1. The lowest BCUT2D eigenvalue weighted by Crippen LogP contribution is -2.37. The summed E-state index contributed by atoms with van der Waals surface area (Å²) in [7, 11) is 0. The highest BCUT2D eigenvalue weighted by atomic mass is 16.5. The van der Waals surface area contributed by atoms with Gasteiger partial charge in [0.1, 0.15) is 11.6 Å². The molecular weight excluding hydrogens is 292 g/mol. The van der Waals surface area contributed by atoms with Gasteiger partial charge in [-0.15, -0.1) is 0 Å². The molecule has 2 aromatic rings. The van der Waals surface area contributed by atoms with Crippen molar-refractivity contribution in [3.05, 3.63) is 23.4 Å². The average molecular weight is 316 g/mol. The van der Waals surface area contributed by atoms with Crippen LogP contribution < -0.4 is 0 Å². The van der Waals surface area contributed by atoms with Crippen molar-refractivity contribution in [2.45, 2.75) is 58.5 Å². The Morgan fingerprint density at radius 3 is 2.78 bits per heavy atom. The van der Waals surface area contributed by atoms with Gasteiger partial charge in [-0.2, -0.15) is 10.1 Å². The van der Waals surface area contributed by atoms with Gasteiger partial charge in [0.05, 0.1) is 6.54 Å². The number of nitrogens with zero attached hydrogens (tertiary/aromatic N) is 6. The van der Waals surface area contributed by atoms with Gasteiger partial charge in [0.2, 0.25) is 5.89 Å². The summed E-state index contributed by atoms with van der Waals surface area (Å²) >= 11 is 0. The van der Waals surface area contributed by atoms with Gasteiger partial charge in [0.25, 0.3) is 0 Å². The molecule has 1 atom stereocenters. The molecule has 0 radical (unpaired) electrons. The Labute approximate surface area is 136 Å². The normalized spacial score (nSPS) is 22.6. The van der Waals surface area contributed by atoms with Crippen molar-refractivity contribution in [1.82, 2.24) is 29.8 Å². The van der Waals surface area contributed by atoms with E-state index < -0.39 is 0 Å². The number of hydrogen-bond acceptors (Lipinski definition) is 6. The zero-order valence-corrected chi connectivity index (χ0v) is 13.9. The molecule has 7 heteroatoms. The molecule has 3 heterocycles. The SMILES string of the molecule is Cc1nc(C)n(C[C@@H]2CCCN(Cc3nc(C4CC4)no3)C2)n1. The van der Waals surface area contributed by atoms with Crippen molar-refractivity contribution < 1.29 is 4.52 Å². The van der Waals surface area contributed by atoms with Crippen molar-refractivity contribution in [1.29, 1.82) is 0 Å². The summed E-state index contributed by atoms with van der Waals surface area (Å²) in [5.41, 5.74) is 0. The van der Waals surface area contributed by atoms with Gasteiger partial charge < -0.3 is 4.52 Å². The number of rotatable bonds is 5. The summed E-state index contributed by atoms with van der Waals surface area (Å²) in [6, 6.07) is 0. The molecule has 0 bridgehead atoms. The van der Waals surface area contributed by atoms with Crippen LogP contribution in [0.2, 0.25) is 0 Å². The maximum Gasteiger partial charge on any atom is 0.240 e. The van der Waals surface area contributed by atoms with E-state index in [1.165, 1.54) is 25.7 Å². The molecule has 0 aromatic carbocycles. The second kappa shape index (κ2) is 6.03. The van der Waals surface area contributed by atoms with Crippen LogP contribution in [0, 0.1) is 19.8 Å². The molecule has 4 rings (SSSR count). The first-order valence-electron chi connectivity index (χ1n) is 8.60. The van der Waals surface area contributed by atoms with E-state index in [0.29, 0.717) is 11.8 Å². The van der Waals surface area contributed by atoms with Crippen LogP contribution in [0.3, 0.4) is 0 Å². The van der Waals surface area contributed by atoms with Gasteiger partial charge >= 0.3 is 0 Å². The predicted molar refractivity (Wildman–Crippen MR) is 83.8 cm³/mol. The molecule has 1 saturated heterocycles. The van der Waals surface area contributed by atoms with Crippen molar-refractivity contribution >= 4 is 0 Å². The molecule has 7 nitrogen and oxygen atoms in total. The summed E-state index contributed by atoms with van der Waals surface area (Å²) in [6.07, 6.45) is 4.87. The number of likely N-dealkylation sites (tertiary alicyclic amines) is 1. The van der Waals surface area contributed by atoms with Crippen molar-refractivity contribution in [2.75, 3.05) is 13.1 Å². The van der Waals surface area contributed by atoms with E-state index in [-0.39, 0.29) is 0 Å². The zero-order chi connectivity index (χ0) is 15.8. The van der Waals surface area contributed by atoms with Gasteiger partial charge in [-0.1, -0.05) is 5.16 Å². The van der Waals surface area contributed by atoms with Crippen molar-refractivity contribution in [3.8, 4) is 0 Å². The zero-order valence-electron chi connectivity index (χ0n) is 13.9. The fourth-order valence-corrected chi connectivity index (χ4v) is 3.45. The minimum absolute atomic E-state index is 0.556. The monoisotopic (exact) mass is 316 g/mol. The fraction of sp³-hybridized carbons (Fsp3) is 0.750. The van der Waals surface area contributed by atoms with E-state index in [2.05, 4.69) is 25.1 Å². The van der Waals surface area contributed by atoms with Gasteiger partial charge in [0, 0.05) is 19.0 Å². The van der Waals surface area contributed by atoms with Crippen LogP contribution in [0.25, 0.3) is 0 Å². The van der Waals surface area contributed by atoms with Crippen LogP contribution >= 0.6 is 0 Å². The smallest absolute Gasteiger partial charge is 0.240 e. The predicted octanol–water partition coefficient (Wildman–Crippen LogP) is 2.07. The highest BCUT2D eigenvalue weighted by Gasteiger charge is 2.29. The maximum atomic E-state index is 5.41. The number of aromatic nitrogens is 5. The highest BCUT2D eigenvalue weighted by Crippen LogP contribution is 2.38. The van der Waals surface area contributed by atoms with E-state index in [0.717, 1.165) is 49.5 Å². The Bertz CT molecular complexity index is 674.